The molecule has 1 unspecified atom stereocenters. The Morgan fingerprint density at radius 2 is 1.79 bits per heavy atom. The molecule has 0 rings (SSSR count). The SMILES string of the molecule is CCC(C)C(=O)[C@@H](CCN(CC)CC)NC(=O)OC. The van der Waals surface area contributed by atoms with E-state index in [1.807, 2.05) is 13.8 Å². The number of hydrogen-bond donors (Lipinski definition) is 1. The number of ketones is 1. The Bertz CT molecular complexity index is 278. The molecule has 5 nitrogen and oxygen atoms in total. The van der Waals surface area contributed by atoms with E-state index in [1.54, 1.807) is 0 Å². The van der Waals surface area contributed by atoms with Crippen LogP contribution < -0.4 is 5.32 Å². The van der Waals surface area contributed by atoms with Gasteiger partial charge in [-0.3, -0.25) is 4.79 Å². The van der Waals surface area contributed by atoms with Gasteiger partial charge in [-0.15, -0.1) is 0 Å². The van der Waals surface area contributed by atoms with Crippen molar-refractivity contribution in [1.29, 1.82) is 0 Å². The van der Waals surface area contributed by atoms with E-state index in [1.165, 1.54) is 7.11 Å². The largest absolute Gasteiger partial charge is 0.453 e. The molecule has 1 N–H and O–H groups in total. The van der Waals surface area contributed by atoms with Crippen LogP contribution >= 0.6 is 0 Å². The van der Waals surface area contributed by atoms with Crippen LogP contribution in [0.15, 0.2) is 0 Å². The minimum absolute atomic E-state index is 0.0427. The summed E-state index contributed by atoms with van der Waals surface area (Å²) in [6.07, 6.45) is 0.866. The van der Waals surface area contributed by atoms with Gasteiger partial charge in [0.25, 0.3) is 0 Å². The first-order valence-corrected chi connectivity index (χ1v) is 7.10. The van der Waals surface area contributed by atoms with Crippen LogP contribution in [-0.4, -0.2) is 49.6 Å². The van der Waals surface area contributed by atoms with E-state index < -0.39 is 12.1 Å². The van der Waals surface area contributed by atoms with Crippen LogP contribution in [0.2, 0.25) is 0 Å². The van der Waals surface area contributed by atoms with E-state index in [2.05, 4.69) is 28.8 Å². The molecule has 0 aliphatic heterocycles. The normalized spacial score (nSPS) is 14.0. The second-order valence-corrected chi connectivity index (χ2v) is 4.72. The predicted molar refractivity (Wildman–Crippen MR) is 76.2 cm³/mol. The fourth-order valence-corrected chi connectivity index (χ4v) is 1.88. The first kappa shape index (κ1) is 17.9. The van der Waals surface area contributed by atoms with Crippen molar-refractivity contribution in [1.82, 2.24) is 10.2 Å². The Labute approximate surface area is 116 Å². The van der Waals surface area contributed by atoms with E-state index in [9.17, 15) is 9.59 Å². The lowest BCUT2D eigenvalue weighted by molar-refractivity contribution is -0.124. The smallest absolute Gasteiger partial charge is 0.407 e. The molecule has 0 aromatic heterocycles. The van der Waals surface area contributed by atoms with E-state index >= 15 is 0 Å². The molecule has 0 aromatic rings. The number of methoxy groups -OCH3 is 1. The molecule has 1 amide bonds. The number of alkyl carbamates (subject to hydrolysis) is 1. The highest BCUT2D eigenvalue weighted by molar-refractivity contribution is 5.88. The Hall–Kier alpha value is -1.10. The molecule has 5 heteroatoms. The quantitative estimate of drug-likeness (QED) is 0.698. The van der Waals surface area contributed by atoms with Crippen LogP contribution in [0.5, 0.6) is 0 Å². The van der Waals surface area contributed by atoms with Crippen LogP contribution in [0.1, 0.15) is 40.5 Å². The van der Waals surface area contributed by atoms with E-state index in [0.29, 0.717) is 6.42 Å². The summed E-state index contributed by atoms with van der Waals surface area (Å²) >= 11 is 0. The summed E-state index contributed by atoms with van der Waals surface area (Å²) < 4.78 is 4.59. The molecule has 0 saturated heterocycles. The molecule has 0 fully saturated rings. The maximum Gasteiger partial charge on any atom is 0.407 e. The zero-order valence-corrected chi connectivity index (χ0v) is 12.9. The van der Waals surface area contributed by atoms with Gasteiger partial charge in [0.15, 0.2) is 5.78 Å². The number of Topliss-reactive ketones (excluding diaryl/α,β-unsaturated/α-hetero) is 1. The van der Waals surface area contributed by atoms with E-state index in [0.717, 1.165) is 26.1 Å². The zero-order valence-electron chi connectivity index (χ0n) is 12.9. The number of hydrogen-bond acceptors (Lipinski definition) is 4. The average Bonchev–Trinajstić information content (AvgIpc) is 2.44. The second kappa shape index (κ2) is 9.78. The summed E-state index contributed by atoms with van der Waals surface area (Å²) in [4.78, 5) is 25.8. The van der Waals surface area contributed by atoms with Crippen molar-refractivity contribution >= 4 is 11.9 Å². The Balaban J connectivity index is 4.57. The molecule has 0 saturated carbocycles. The van der Waals surface area contributed by atoms with Crippen LogP contribution in [0.25, 0.3) is 0 Å². The fraction of sp³-hybridized carbons (Fsp3) is 0.857. The van der Waals surface area contributed by atoms with E-state index in [-0.39, 0.29) is 11.7 Å². The molecule has 0 aliphatic carbocycles. The van der Waals surface area contributed by atoms with Gasteiger partial charge in [0.05, 0.1) is 13.2 Å². The zero-order chi connectivity index (χ0) is 14.8. The van der Waals surface area contributed by atoms with Crippen LogP contribution in [-0.2, 0) is 9.53 Å². The number of amides is 1. The lowest BCUT2D eigenvalue weighted by Gasteiger charge is -2.24. The lowest BCUT2D eigenvalue weighted by Crippen LogP contribution is -2.45. The summed E-state index contributed by atoms with van der Waals surface area (Å²) in [5.74, 6) is 0.0407. The van der Waals surface area contributed by atoms with Gasteiger partial charge in [-0.05, 0) is 25.9 Å². The van der Waals surface area contributed by atoms with Crippen molar-refractivity contribution in [2.75, 3.05) is 26.7 Å². The van der Waals surface area contributed by atoms with Crippen molar-refractivity contribution in [2.24, 2.45) is 5.92 Å². The van der Waals surface area contributed by atoms with Gasteiger partial charge < -0.3 is 15.0 Å². The van der Waals surface area contributed by atoms with Gasteiger partial charge in [0.1, 0.15) is 0 Å². The third kappa shape index (κ3) is 6.57. The molecular weight excluding hydrogens is 244 g/mol. The third-order valence-electron chi connectivity index (χ3n) is 3.55. The van der Waals surface area contributed by atoms with Gasteiger partial charge >= 0.3 is 6.09 Å². The summed E-state index contributed by atoms with van der Waals surface area (Å²) in [5.41, 5.74) is 0. The van der Waals surface area contributed by atoms with Gasteiger partial charge in [0, 0.05) is 12.5 Å². The average molecular weight is 272 g/mol. The highest BCUT2D eigenvalue weighted by Gasteiger charge is 2.25. The Kier molecular flexibility index (Phi) is 9.21. The second-order valence-electron chi connectivity index (χ2n) is 4.72. The molecule has 0 radical (unpaired) electrons. The molecule has 112 valence electrons. The van der Waals surface area contributed by atoms with Crippen molar-refractivity contribution < 1.29 is 14.3 Å². The molecule has 0 spiro atoms. The fourth-order valence-electron chi connectivity index (χ4n) is 1.88. The number of nitrogens with one attached hydrogen (secondary N) is 1. The first-order chi connectivity index (χ1) is 8.99. The number of ether oxygens (including phenoxy) is 1. The molecule has 2 atom stereocenters. The summed E-state index contributed by atoms with van der Waals surface area (Å²) in [6, 6.07) is -0.456. The highest BCUT2D eigenvalue weighted by Crippen LogP contribution is 2.09. The maximum absolute atomic E-state index is 12.2. The minimum Gasteiger partial charge on any atom is -0.453 e. The molecule has 0 aromatic carbocycles. The molecule has 0 heterocycles. The summed E-state index contributed by atoms with van der Waals surface area (Å²) in [6.45, 7) is 10.7. The minimum atomic E-state index is -0.541. The third-order valence-corrected chi connectivity index (χ3v) is 3.55. The number of carbonyl (C=O) groups is 2. The summed E-state index contributed by atoms with van der Waals surface area (Å²) in [5, 5.41) is 2.65. The standard InChI is InChI=1S/C14H28N2O3/c1-6-11(4)13(17)12(15-14(18)19-5)9-10-16(7-2)8-3/h11-12H,6-10H2,1-5H3,(H,15,18)/t11?,12-/m1/s1. The van der Waals surface area contributed by atoms with Crippen molar-refractivity contribution in [3.8, 4) is 0 Å². The number of carbonyl (C=O) groups excluding carboxylic acids is 2. The van der Waals surface area contributed by atoms with Crippen molar-refractivity contribution in [3.05, 3.63) is 0 Å². The van der Waals surface area contributed by atoms with Crippen LogP contribution in [0.3, 0.4) is 0 Å². The van der Waals surface area contributed by atoms with Crippen molar-refractivity contribution in [2.45, 2.75) is 46.6 Å². The van der Waals surface area contributed by atoms with Crippen LogP contribution in [0.4, 0.5) is 4.79 Å². The highest BCUT2D eigenvalue weighted by atomic mass is 16.5. The van der Waals surface area contributed by atoms with Gasteiger partial charge in [0.2, 0.25) is 0 Å². The Morgan fingerprint density at radius 3 is 2.21 bits per heavy atom. The predicted octanol–water partition coefficient (Wildman–Crippen LogP) is 2.06. The first-order valence-electron chi connectivity index (χ1n) is 7.10. The number of nitrogens with zero attached hydrogens (tertiary/aromatic N) is 1. The van der Waals surface area contributed by atoms with Gasteiger partial charge in [-0.1, -0.05) is 27.7 Å². The van der Waals surface area contributed by atoms with Gasteiger partial charge in [-0.25, -0.2) is 4.79 Å². The molecular formula is C14H28N2O3. The Morgan fingerprint density at radius 1 is 1.21 bits per heavy atom. The van der Waals surface area contributed by atoms with Crippen LogP contribution in [0, 0.1) is 5.92 Å². The lowest BCUT2D eigenvalue weighted by atomic mass is 9.95. The maximum atomic E-state index is 12.2. The molecule has 0 bridgehead atoms. The topological polar surface area (TPSA) is 58.6 Å². The number of rotatable bonds is 9. The van der Waals surface area contributed by atoms with E-state index in [4.69, 9.17) is 0 Å². The molecule has 19 heavy (non-hydrogen) atoms. The summed E-state index contributed by atoms with van der Waals surface area (Å²) in [7, 11) is 1.31. The monoisotopic (exact) mass is 272 g/mol. The molecule has 0 aliphatic rings. The van der Waals surface area contributed by atoms with Gasteiger partial charge in [-0.2, -0.15) is 0 Å². The van der Waals surface area contributed by atoms with Crippen molar-refractivity contribution in [3.63, 3.8) is 0 Å².